The van der Waals surface area contributed by atoms with Gasteiger partial charge in [0, 0.05) is 13.0 Å². The van der Waals surface area contributed by atoms with E-state index in [1.54, 1.807) is 24.3 Å². The number of nitrogens with zero attached hydrogens (tertiary/aromatic N) is 3. The molecule has 23 heavy (non-hydrogen) atoms. The molecule has 3 amide bonds. The van der Waals surface area contributed by atoms with Gasteiger partial charge in [-0.15, -0.1) is 0 Å². The van der Waals surface area contributed by atoms with Crippen LogP contribution in [0.3, 0.4) is 0 Å². The van der Waals surface area contributed by atoms with Crippen LogP contribution in [0, 0.1) is 11.3 Å². The highest BCUT2D eigenvalue weighted by atomic mass is 16.2. The maximum absolute atomic E-state index is 12.7. The molecule has 1 heterocycles. The maximum Gasteiger partial charge on any atom is 0.257 e. The number of anilines is 1. The van der Waals surface area contributed by atoms with Crippen LogP contribution >= 0.6 is 0 Å². The van der Waals surface area contributed by atoms with Crippen LogP contribution < -0.4 is 4.90 Å². The molecule has 1 aliphatic heterocycles. The smallest absolute Gasteiger partial charge is 0.257 e. The van der Waals surface area contributed by atoms with E-state index in [0.29, 0.717) is 17.7 Å². The van der Waals surface area contributed by atoms with E-state index in [0.717, 1.165) is 4.90 Å². The van der Waals surface area contributed by atoms with Gasteiger partial charge in [-0.2, -0.15) is 5.26 Å². The Labute approximate surface area is 135 Å². The van der Waals surface area contributed by atoms with E-state index in [-0.39, 0.29) is 24.3 Å². The van der Waals surface area contributed by atoms with E-state index in [4.69, 9.17) is 5.26 Å². The molecule has 0 N–H and O–H groups in total. The van der Waals surface area contributed by atoms with E-state index in [2.05, 4.69) is 0 Å². The van der Waals surface area contributed by atoms with Crippen molar-refractivity contribution in [2.75, 3.05) is 4.90 Å². The van der Waals surface area contributed by atoms with Crippen molar-refractivity contribution < 1.29 is 14.4 Å². The topological polar surface area (TPSA) is 81.5 Å². The number of hydrogen-bond donors (Lipinski definition) is 0. The van der Waals surface area contributed by atoms with Crippen LogP contribution in [0.4, 0.5) is 5.69 Å². The zero-order valence-electron chi connectivity index (χ0n) is 13.4. The number of rotatable bonds is 4. The molecule has 2 atom stereocenters. The molecule has 0 aromatic heterocycles. The Morgan fingerprint density at radius 2 is 2.00 bits per heavy atom. The highest BCUT2D eigenvalue weighted by Gasteiger charge is 2.44. The van der Waals surface area contributed by atoms with E-state index >= 15 is 0 Å². The number of benzene rings is 1. The Kier molecular flexibility index (Phi) is 4.80. The van der Waals surface area contributed by atoms with Gasteiger partial charge in [0.25, 0.3) is 5.91 Å². The van der Waals surface area contributed by atoms with Crippen molar-refractivity contribution in [2.24, 2.45) is 0 Å². The summed E-state index contributed by atoms with van der Waals surface area (Å²) < 4.78 is 0. The first-order valence-corrected chi connectivity index (χ1v) is 7.56. The molecular formula is C17H19N3O3. The van der Waals surface area contributed by atoms with Gasteiger partial charge in [-0.25, -0.2) is 4.90 Å². The normalized spacial score (nSPS) is 18.7. The molecular weight excluding hydrogens is 294 g/mol. The van der Waals surface area contributed by atoms with Crippen molar-refractivity contribution in [3.8, 4) is 6.07 Å². The van der Waals surface area contributed by atoms with Crippen molar-refractivity contribution in [3.63, 3.8) is 0 Å². The fourth-order valence-electron chi connectivity index (χ4n) is 2.82. The summed E-state index contributed by atoms with van der Waals surface area (Å²) in [4.78, 5) is 39.5. The van der Waals surface area contributed by atoms with Crippen molar-refractivity contribution in [1.29, 1.82) is 5.26 Å². The third-order valence-corrected chi connectivity index (χ3v) is 4.14. The van der Waals surface area contributed by atoms with Crippen LogP contribution in [0.5, 0.6) is 0 Å². The van der Waals surface area contributed by atoms with Crippen LogP contribution in [-0.4, -0.2) is 34.7 Å². The number of nitriles is 1. The van der Waals surface area contributed by atoms with Crippen LogP contribution in [0.2, 0.25) is 0 Å². The first-order chi connectivity index (χ1) is 10.9. The minimum Gasteiger partial charge on any atom is -0.328 e. The van der Waals surface area contributed by atoms with Crippen molar-refractivity contribution in [2.45, 2.75) is 45.7 Å². The Morgan fingerprint density at radius 3 is 2.48 bits per heavy atom. The van der Waals surface area contributed by atoms with Gasteiger partial charge in [-0.05, 0) is 37.6 Å². The predicted octanol–water partition coefficient (Wildman–Crippen LogP) is 1.84. The zero-order valence-corrected chi connectivity index (χ0v) is 13.4. The van der Waals surface area contributed by atoms with Gasteiger partial charge in [0.2, 0.25) is 11.8 Å². The average Bonchev–Trinajstić information content (AvgIpc) is 2.82. The van der Waals surface area contributed by atoms with Gasteiger partial charge in [-0.3, -0.25) is 14.4 Å². The Morgan fingerprint density at radius 1 is 1.39 bits per heavy atom. The number of imide groups is 1. The van der Waals surface area contributed by atoms with Crippen LogP contribution in [-0.2, 0) is 14.4 Å². The molecule has 6 heteroatoms. The first kappa shape index (κ1) is 16.7. The highest BCUT2D eigenvalue weighted by Crippen LogP contribution is 2.27. The monoisotopic (exact) mass is 313 g/mol. The molecule has 0 bridgehead atoms. The number of carbonyl (C=O) groups excluding carboxylic acids is 3. The lowest BCUT2D eigenvalue weighted by atomic mass is 10.1. The lowest BCUT2D eigenvalue weighted by Crippen LogP contribution is -2.48. The fraction of sp³-hybridized carbons (Fsp3) is 0.412. The van der Waals surface area contributed by atoms with Crippen LogP contribution in [0.25, 0.3) is 0 Å². The van der Waals surface area contributed by atoms with Gasteiger partial charge >= 0.3 is 0 Å². The Balaban J connectivity index is 2.32. The minimum absolute atomic E-state index is 0.0112. The van der Waals surface area contributed by atoms with Gasteiger partial charge in [0.05, 0.1) is 23.7 Å². The highest BCUT2D eigenvalue weighted by molar-refractivity contribution is 6.23. The third-order valence-electron chi connectivity index (χ3n) is 4.14. The lowest BCUT2D eigenvalue weighted by Gasteiger charge is -2.31. The molecule has 1 fully saturated rings. The quantitative estimate of drug-likeness (QED) is 0.794. The van der Waals surface area contributed by atoms with E-state index in [1.165, 1.54) is 11.8 Å². The average molecular weight is 313 g/mol. The Bertz CT molecular complexity index is 675. The molecule has 0 radical (unpaired) electrons. The summed E-state index contributed by atoms with van der Waals surface area (Å²) in [5.41, 5.74) is 0.878. The third kappa shape index (κ3) is 3.09. The molecule has 120 valence electrons. The van der Waals surface area contributed by atoms with E-state index in [1.807, 2.05) is 19.9 Å². The van der Waals surface area contributed by atoms with Crippen LogP contribution in [0.15, 0.2) is 24.3 Å². The van der Waals surface area contributed by atoms with Gasteiger partial charge in [-0.1, -0.05) is 6.92 Å². The van der Waals surface area contributed by atoms with Gasteiger partial charge < -0.3 is 4.90 Å². The molecule has 0 spiro atoms. The fourth-order valence-corrected chi connectivity index (χ4v) is 2.82. The summed E-state index contributed by atoms with van der Waals surface area (Å²) >= 11 is 0. The van der Waals surface area contributed by atoms with E-state index in [9.17, 15) is 14.4 Å². The lowest BCUT2D eigenvalue weighted by molar-refractivity contribution is -0.138. The number of hydrogen-bond acceptors (Lipinski definition) is 4. The largest absolute Gasteiger partial charge is 0.328 e. The Hall–Kier alpha value is -2.68. The van der Waals surface area contributed by atoms with Gasteiger partial charge in [0.1, 0.15) is 6.04 Å². The second-order valence-corrected chi connectivity index (χ2v) is 5.63. The summed E-state index contributed by atoms with van der Waals surface area (Å²) in [6.45, 7) is 5.21. The standard InChI is InChI=1S/C17H19N3O3/c1-4-11(2)19(12(3)21)15-9-16(22)20(17(15)23)14-7-5-13(10-18)6-8-14/h5-8,11,15H,4,9H2,1-3H3. The van der Waals surface area contributed by atoms with Crippen molar-refractivity contribution in [3.05, 3.63) is 29.8 Å². The van der Waals surface area contributed by atoms with Crippen molar-refractivity contribution >= 4 is 23.4 Å². The SMILES string of the molecule is CCC(C)N(C(C)=O)C1CC(=O)N(c2ccc(C#N)cc2)C1=O. The molecule has 0 saturated carbocycles. The number of amides is 3. The van der Waals surface area contributed by atoms with E-state index < -0.39 is 11.9 Å². The molecule has 1 aromatic rings. The minimum atomic E-state index is -0.759. The zero-order chi connectivity index (χ0) is 17.1. The predicted molar refractivity (Wildman–Crippen MR) is 84.3 cm³/mol. The summed E-state index contributed by atoms with van der Waals surface area (Å²) in [6.07, 6.45) is 0.692. The molecule has 6 nitrogen and oxygen atoms in total. The summed E-state index contributed by atoms with van der Waals surface area (Å²) in [5.74, 6) is -0.943. The summed E-state index contributed by atoms with van der Waals surface area (Å²) in [7, 11) is 0. The number of carbonyl (C=O) groups is 3. The van der Waals surface area contributed by atoms with Crippen LogP contribution in [0.1, 0.15) is 39.2 Å². The summed E-state index contributed by atoms with van der Waals surface area (Å²) in [5, 5.41) is 8.82. The second-order valence-electron chi connectivity index (χ2n) is 5.63. The first-order valence-electron chi connectivity index (χ1n) is 7.56. The molecule has 1 aromatic carbocycles. The molecule has 0 aliphatic carbocycles. The molecule has 2 rings (SSSR count). The maximum atomic E-state index is 12.7. The van der Waals surface area contributed by atoms with Crippen molar-refractivity contribution in [1.82, 2.24) is 4.90 Å². The molecule has 2 unspecified atom stereocenters. The molecule has 1 saturated heterocycles. The van der Waals surface area contributed by atoms with Gasteiger partial charge in [0.15, 0.2) is 0 Å². The second kappa shape index (κ2) is 6.61. The summed E-state index contributed by atoms with van der Waals surface area (Å²) in [6, 6.07) is 7.36. The molecule has 1 aliphatic rings.